The second kappa shape index (κ2) is 8.47. The molecule has 34 heavy (non-hydrogen) atoms. The molecule has 1 unspecified atom stereocenters. The molecule has 1 amide bonds. The lowest BCUT2D eigenvalue weighted by Crippen LogP contribution is -2.31. The summed E-state index contributed by atoms with van der Waals surface area (Å²) in [6, 6.07) is 16.5. The van der Waals surface area contributed by atoms with Crippen molar-refractivity contribution in [2.75, 3.05) is 7.11 Å². The average Bonchev–Trinajstić information content (AvgIpc) is 3.40. The monoisotopic (exact) mass is 458 g/mol. The van der Waals surface area contributed by atoms with Gasteiger partial charge >= 0.3 is 0 Å². The summed E-state index contributed by atoms with van der Waals surface area (Å²) in [7, 11) is 1.49. The number of aromatic nitrogens is 1. The molecule has 0 fully saturated rings. The van der Waals surface area contributed by atoms with Crippen LogP contribution in [0.3, 0.4) is 0 Å². The van der Waals surface area contributed by atoms with Crippen LogP contribution in [-0.2, 0) is 11.3 Å². The van der Waals surface area contributed by atoms with Gasteiger partial charge in [0.25, 0.3) is 5.91 Å². The number of benzene rings is 2. The number of hydrogen-bond donors (Lipinski definition) is 1. The van der Waals surface area contributed by atoms with E-state index in [0.29, 0.717) is 28.0 Å². The Labute approximate surface area is 193 Å². The zero-order chi connectivity index (χ0) is 23.8. The predicted octanol–water partition coefficient (Wildman–Crippen LogP) is 4.75. The fourth-order valence-corrected chi connectivity index (χ4v) is 4.15. The number of nitrogens with zero attached hydrogens (tertiary/aromatic N) is 2. The van der Waals surface area contributed by atoms with Crippen molar-refractivity contribution in [2.45, 2.75) is 12.6 Å². The summed E-state index contributed by atoms with van der Waals surface area (Å²) in [5.41, 5.74) is 1.26. The van der Waals surface area contributed by atoms with E-state index in [1.54, 1.807) is 42.6 Å². The number of fused-ring (bicyclic) bond motifs is 1. The van der Waals surface area contributed by atoms with Crippen molar-refractivity contribution in [3.8, 4) is 5.75 Å². The largest absolute Gasteiger partial charge is 0.503 e. The van der Waals surface area contributed by atoms with Gasteiger partial charge in [-0.3, -0.25) is 14.6 Å². The van der Waals surface area contributed by atoms with Crippen molar-refractivity contribution in [3.63, 3.8) is 0 Å². The Morgan fingerprint density at radius 3 is 2.65 bits per heavy atom. The maximum absolute atomic E-state index is 13.6. The highest BCUT2D eigenvalue weighted by molar-refractivity contribution is 6.16. The van der Waals surface area contributed by atoms with Gasteiger partial charge < -0.3 is 19.2 Å². The molecule has 8 heteroatoms. The van der Waals surface area contributed by atoms with E-state index in [-0.39, 0.29) is 17.9 Å². The maximum atomic E-state index is 13.6. The third-order valence-electron chi connectivity index (χ3n) is 5.74. The Hall–Kier alpha value is -4.46. The number of Topliss-reactive ketones (excluding diaryl/α,β-unsaturated/α-hetero) is 1. The topological polar surface area (TPSA) is 92.9 Å². The van der Waals surface area contributed by atoms with Gasteiger partial charge in [0.2, 0.25) is 5.78 Å². The van der Waals surface area contributed by atoms with E-state index >= 15 is 0 Å². The third kappa shape index (κ3) is 3.59. The third-order valence-corrected chi connectivity index (χ3v) is 5.74. The molecule has 0 saturated heterocycles. The Morgan fingerprint density at radius 1 is 1.15 bits per heavy atom. The smallest absolute Gasteiger partial charge is 0.290 e. The van der Waals surface area contributed by atoms with Crippen molar-refractivity contribution in [3.05, 3.63) is 107 Å². The van der Waals surface area contributed by atoms with Crippen molar-refractivity contribution < 1.29 is 28.2 Å². The maximum Gasteiger partial charge on any atom is 0.290 e. The van der Waals surface area contributed by atoms with Crippen LogP contribution in [0.25, 0.3) is 11.0 Å². The van der Waals surface area contributed by atoms with E-state index in [9.17, 15) is 19.1 Å². The van der Waals surface area contributed by atoms with Crippen LogP contribution in [0.1, 0.15) is 27.9 Å². The van der Waals surface area contributed by atoms with Crippen LogP contribution in [0.15, 0.2) is 88.7 Å². The zero-order valence-electron chi connectivity index (χ0n) is 18.1. The van der Waals surface area contributed by atoms with Gasteiger partial charge in [-0.05, 0) is 42.0 Å². The van der Waals surface area contributed by atoms with Gasteiger partial charge in [-0.15, -0.1) is 0 Å². The normalized spacial score (nSPS) is 15.9. The number of rotatable bonds is 6. The van der Waals surface area contributed by atoms with Gasteiger partial charge in [-0.2, -0.15) is 0 Å². The predicted molar refractivity (Wildman–Crippen MR) is 121 cm³/mol. The number of para-hydroxylation sites is 1. The van der Waals surface area contributed by atoms with Gasteiger partial charge in [0, 0.05) is 11.6 Å². The zero-order valence-corrected chi connectivity index (χ0v) is 18.1. The fraction of sp³-hybridized carbons (Fsp3) is 0.115. The van der Waals surface area contributed by atoms with E-state index in [1.807, 2.05) is 0 Å². The summed E-state index contributed by atoms with van der Waals surface area (Å²) in [5, 5.41) is 11.4. The molecule has 0 radical (unpaired) electrons. The van der Waals surface area contributed by atoms with E-state index in [4.69, 9.17) is 9.15 Å². The number of pyridine rings is 1. The van der Waals surface area contributed by atoms with Crippen molar-refractivity contribution in [2.24, 2.45) is 0 Å². The molecule has 1 atom stereocenters. The molecule has 0 spiro atoms. The number of aliphatic hydroxyl groups is 1. The van der Waals surface area contributed by atoms with Gasteiger partial charge in [0.15, 0.2) is 22.9 Å². The first-order chi connectivity index (χ1) is 16.5. The number of carbonyl (C=O) groups is 2. The highest BCUT2D eigenvalue weighted by Crippen LogP contribution is 2.41. The van der Waals surface area contributed by atoms with Crippen LogP contribution in [0.4, 0.5) is 4.39 Å². The van der Waals surface area contributed by atoms with Crippen LogP contribution >= 0.6 is 0 Å². The lowest BCUT2D eigenvalue weighted by molar-refractivity contribution is -0.130. The minimum atomic E-state index is -0.960. The average molecular weight is 458 g/mol. The summed E-state index contributed by atoms with van der Waals surface area (Å²) in [6.45, 7) is 0.0382. The molecular weight excluding hydrogens is 439 g/mol. The SMILES string of the molecule is COc1cccc2cc(C(=O)C3=C(O)C(=O)N(Cc4ccccn4)C3c3ccc(F)cc3)oc12. The Kier molecular flexibility index (Phi) is 5.33. The van der Waals surface area contributed by atoms with Crippen LogP contribution in [0, 0.1) is 5.82 Å². The molecule has 0 bridgehead atoms. The van der Waals surface area contributed by atoms with Crippen molar-refractivity contribution in [1.29, 1.82) is 0 Å². The summed E-state index contributed by atoms with van der Waals surface area (Å²) in [4.78, 5) is 32.3. The molecule has 0 aliphatic carbocycles. The highest BCUT2D eigenvalue weighted by Gasteiger charge is 2.44. The number of carbonyl (C=O) groups excluding carboxylic acids is 2. The summed E-state index contributed by atoms with van der Waals surface area (Å²) in [5.74, 6) is -2.12. The quantitative estimate of drug-likeness (QED) is 0.419. The Bertz CT molecular complexity index is 1430. The molecule has 3 heterocycles. The number of ketones is 1. The summed E-state index contributed by atoms with van der Waals surface area (Å²) >= 11 is 0. The first-order valence-corrected chi connectivity index (χ1v) is 10.5. The van der Waals surface area contributed by atoms with E-state index in [0.717, 1.165) is 0 Å². The minimum Gasteiger partial charge on any atom is -0.503 e. The van der Waals surface area contributed by atoms with Crippen LogP contribution in [-0.4, -0.2) is 33.8 Å². The van der Waals surface area contributed by atoms with Crippen LogP contribution < -0.4 is 4.74 Å². The first kappa shape index (κ1) is 21.4. The Morgan fingerprint density at radius 2 is 1.94 bits per heavy atom. The molecule has 2 aromatic heterocycles. The second-order valence-electron chi connectivity index (χ2n) is 7.79. The van der Waals surface area contributed by atoms with Gasteiger partial charge in [0.05, 0.1) is 31.0 Å². The number of ether oxygens (including phenoxy) is 1. The highest BCUT2D eigenvalue weighted by atomic mass is 19.1. The molecule has 1 aliphatic rings. The van der Waals surface area contributed by atoms with Crippen LogP contribution in [0.5, 0.6) is 5.75 Å². The molecular formula is C26H19FN2O5. The number of hydrogen-bond acceptors (Lipinski definition) is 6. The molecule has 1 N–H and O–H groups in total. The van der Waals surface area contributed by atoms with E-state index in [1.165, 1.54) is 42.3 Å². The molecule has 2 aromatic carbocycles. The van der Waals surface area contributed by atoms with Gasteiger partial charge in [0.1, 0.15) is 5.82 Å². The number of amides is 1. The Balaban J connectivity index is 1.60. The molecule has 5 rings (SSSR count). The van der Waals surface area contributed by atoms with E-state index < -0.39 is 29.3 Å². The standard InChI is InChI=1S/C26H19FN2O5/c1-33-19-7-4-5-16-13-20(34-25(16)19)23(30)21-22(15-8-10-17(27)11-9-15)29(26(32)24(21)31)14-18-6-2-3-12-28-18/h2-13,22,31H,14H2,1H3. The number of methoxy groups -OCH3 is 1. The number of furan rings is 1. The van der Waals surface area contributed by atoms with Crippen molar-refractivity contribution >= 4 is 22.7 Å². The number of halogens is 1. The molecule has 0 saturated carbocycles. The molecule has 7 nitrogen and oxygen atoms in total. The lowest BCUT2D eigenvalue weighted by atomic mass is 9.95. The van der Waals surface area contributed by atoms with Crippen molar-refractivity contribution in [1.82, 2.24) is 9.88 Å². The lowest BCUT2D eigenvalue weighted by Gasteiger charge is -2.26. The summed E-state index contributed by atoms with van der Waals surface area (Å²) in [6.07, 6.45) is 1.59. The molecule has 170 valence electrons. The fourth-order valence-electron chi connectivity index (χ4n) is 4.15. The van der Waals surface area contributed by atoms with Gasteiger partial charge in [-0.1, -0.05) is 30.3 Å². The number of aliphatic hydroxyl groups excluding tert-OH is 1. The van der Waals surface area contributed by atoms with E-state index in [2.05, 4.69) is 4.98 Å². The second-order valence-corrected chi connectivity index (χ2v) is 7.79. The molecule has 4 aromatic rings. The molecule has 1 aliphatic heterocycles. The minimum absolute atomic E-state index is 0.0382. The summed E-state index contributed by atoms with van der Waals surface area (Å²) < 4.78 is 24.7. The van der Waals surface area contributed by atoms with Gasteiger partial charge in [-0.25, -0.2) is 4.39 Å². The van der Waals surface area contributed by atoms with Crippen LogP contribution in [0.2, 0.25) is 0 Å². The first-order valence-electron chi connectivity index (χ1n) is 10.5.